The van der Waals surface area contributed by atoms with Gasteiger partial charge in [0.05, 0.1) is 25.3 Å². The molecule has 2 saturated heterocycles. The Balaban J connectivity index is 1.42. The average Bonchev–Trinajstić information content (AvgIpc) is 3.57. The number of hydrogen-bond acceptors (Lipinski definition) is 14. The second kappa shape index (κ2) is 15.1. The predicted molar refractivity (Wildman–Crippen MR) is 158 cm³/mol. The van der Waals surface area contributed by atoms with Crippen LogP contribution in [0.15, 0.2) is 55.1 Å². The molecule has 2 aliphatic rings. The van der Waals surface area contributed by atoms with Gasteiger partial charge in [0, 0.05) is 5.02 Å². The Morgan fingerprint density at radius 1 is 0.816 bits per heavy atom. The van der Waals surface area contributed by atoms with Crippen molar-refractivity contribution in [2.75, 3.05) is 13.2 Å². The van der Waals surface area contributed by atoms with E-state index < -0.39 is 104 Å². The number of hydrogen-bond donors (Lipinski definition) is 7. The standard InChI is InChI=1S/C30H35ClF3N3O12/c1-29(11-37-13-35-12-36-37,17-7-6-16(8-18(17)30(32,33)34)46-15-4-2-14(31)3-5-15)49-28-26(44)24(42)22(40)20(48-28)10-45-27-25(43)23(41)21(39)19(9-38)47-27/h2-8,12-13,19-28,38-44H,9-11H2,1H3/t19-,20-,21-,22-,23+,24+,25-,26-,27+,28-,29?/m1/s1. The highest BCUT2D eigenvalue weighted by molar-refractivity contribution is 6.30. The molecule has 3 heterocycles. The fraction of sp³-hybridized carbons (Fsp3) is 0.533. The number of aliphatic hydroxyl groups excluding tert-OH is 7. The first kappa shape index (κ1) is 37.3. The largest absolute Gasteiger partial charge is 0.457 e. The molecule has 5 rings (SSSR count). The Labute approximate surface area is 281 Å². The molecule has 15 nitrogen and oxygen atoms in total. The summed E-state index contributed by atoms with van der Waals surface area (Å²) in [6.45, 7) is -0.568. The van der Waals surface area contributed by atoms with Crippen LogP contribution in [0.1, 0.15) is 18.1 Å². The number of benzene rings is 2. The van der Waals surface area contributed by atoms with Crippen molar-refractivity contribution in [2.45, 2.75) is 86.7 Å². The van der Waals surface area contributed by atoms with E-state index in [9.17, 15) is 48.9 Å². The van der Waals surface area contributed by atoms with Crippen LogP contribution in [0.5, 0.6) is 11.5 Å². The van der Waals surface area contributed by atoms with E-state index >= 15 is 0 Å². The van der Waals surface area contributed by atoms with E-state index in [1.165, 1.54) is 48.3 Å². The first-order valence-corrected chi connectivity index (χ1v) is 15.3. The molecule has 0 spiro atoms. The van der Waals surface area contributed by atoms with Gasteiger partial charge in [-0.05, 0) is 48.9 Å². The van der Waals surface area contributed by atoms with Gasteiger partial charge in [-0.15, -0.1) is 0 Å². The first-order chi connectivity index (χ1) is 23.1. The summed E-state index contributed by atoms with van der Waals surface area (Å²) < 4.78 is 73.3. The van der Waals surface area contributed by atoms with E-state index in [1.807, 2.05) is 0 Å². The molecule has 1 aromatic heterocycles. The molecular formula is C30H35ClF3N3O12. The quantitative estimate of drug-likeness (QED) is 0.142. The van der Waals surface area contributed by atoms with Crippen LogP contribution in [0.4, 0.5) is 13.2 Å². The molecule has 49 heavy (non-hydrogen) atoms. The Kier molecular flexibility index (Phi) is 11.5. The first-order valence-electron chi connectivity index (χ1n) is 14.9. The third kappa shape index (κ3) is 8.33. The lowest BCUT2D eigenvalue weighted by atomic mass is 9.89. The summed E-state index contributed by atoms with van der Waals surface area (Å²) in [5, 5.41) is 76.4. The maximum Gasteiger partial charge on any atom is 0.416 e. The lowest BCUT2D eigenvalue weighted by Gasteiger charge is -2.45. The van der Waals surface area contributed by atoms with Crippen LogP contribution >= 0.6 is 11.6 Å². The Morgan fingerprint density at radius 2 is 1.43 bits per heavy atom. The van der Waals surface area contributed by atoms with Crippen molar-refractivity contribution in [2.24, 2.45) is 0 Å². The number of alkyl halides is 3. The summed E-state index contributed by atoms with van der Waals surface area (Å²) in [6.07, 6.45) is -20.0. The van der Waals surface area contributed by atoms with Gasteiger partial charge < -0.3 is 59.4 Å². The maximum atomic E-state index is 14.7. The van der Waals surface area contributed by atoms with Crippen molar-refractivity contribution in [3.05, 3.63) is 71.3 Å². The number of ether oxygens (including phenoxy) is 5. The van der Waals surface area contributed by atoms with E-state index in [1.54, 1.807) is 0 Å². The van der Waals surface area contributed by atoms with Crippen LogP contribution in [0, 0.1) is 0 Å². The lowest BCUT2D eigenvalue weighted by Crippen LogP contribution is -2.62. The normalized spacial score (nSPS) is 32.1. The van der Waals surface area contributed by atoms with Crippen molar-refractivity contribution >= 4 is 11.6 Å². The summed E-state index contributed by atoms with van der Waals surface area (Å²) in [5.74, 6) is 0.0505. The molecule has 7 N–H and O–H groups in total. The average molecular weight is 722 g/mol. The minimum Gasteiger partial charge on any atom is -0.457 e. The van der Waals surface area contributed by atoms with Crippen LogP contribution in [0.3, 0.4) is 0 Å². The van der Waals surface area contributed by atoms with Crippen molar-refractivity contribution < 1.29 is 72.6 Å². The van der Waals surface area contributed by atoms with E-state index in [2.05, 4.69) is 10.1 Å². The molecule has 0 saturated carbocycles. The molecule has 19 heteroatoms. The molecule has 0 radical (unpaired) electrons. The van der Waals surface area contributed by atoms with E-state index in [-0.39, 0.29) is 11.5 Å². The van der Waals surface area contributed by atoms with Gasteiger partial charge in [0.2, 0.25) is 0 Å². The molecular weight excluding hydrogens is 687 g/mol. The van der Waals surface area contributed by atoms with Crippen LogP contribution in [0.2, 0.25) is 5.02 Å². The second-order valence-electron chi connectivity index (χ2n) is 11.7. The highest BCUT2D eigenvalue weighted by atomic mass is 35.5. The van der Waals surface area contributed by atoms with Crippen LogP contribution < -0.4 is 4.74 Å². The van der Waals surface area contributed by atoms with Gasteiger partial charge in [0.15, 0.2) is 12.6 Å². The predicted octanol–water partition coefficient (Wildman–Crippen LogP) is 0.299. The molecule has 2 aliphatic heterocycles. The number of rotatable bonds is 11. The molecule has 11 atom stereocenters. The molecule has 0 amide bonds. The van der Waals surface area contributed by atoms with Crippen LogP contribution in [-0.4, -0.2) is 125 Å². The highest BCUT2D eigenvalue weighted by Gasteiger charge is 2.50. The lowest BCUT2D eigenvalue weighted by molar-refractivity contribution is -0.346. The van der Waals surface area contributed by atoms with Gasteiger partial charge in [-0.25, -0.2) is 9.67 Å². The maximum absolute atomic E-state index is 14.7. The minimum atomic E-state index is -4.95. The van der Waals surface area contributed by atoms with Gasteiger partial charge in [0.25, 0.3) is 0 Å². The van der Waals surface area contributed by atoms with Crippen molar-refractivity contribution in [3.8, 4) is 11.5 Å². The fourth-order valence-corrected chi connectivity index (χ4v) is 5.66. The van der Waals surface area contributed by atoms with Gasteiger partial charge in [0.1, 0.15) is 78.6 Å². The molecule has 0 bridgehead atoms. The van der Waals surface area contributed by atoms with Gasteiger partial charge in [-0.1, -0.05) is 17.7 Å². The highest BCUT2D eigenvalue weighted by Crippen LogP contribution is 2.43. The number of aliphatic hydroxyl groups is 7. The summed E-state index contributed by atoms with van der Waals surface area (Å²) in [7, 11) is 0. The van der Waals surface area contributed by atoms with Crippen LogP contribution in [-0.2, 0) is 37.3 Å². The van der Waals surface area contributed by atoms with Gasteiger partial charge in [-0.2, -0.15) is 18.3 Å². The number of halogens is 4. The van der Waals surface area contributed by atoms with E-state index in [0.717, 1.165) is 18.5 Å². The second-order valence-corrected chi connectivity index (χ2v) is 12.2. The SMILES string of the molecule is CC(Cn1cncn1)(O[C@H]1O[C@H](CO[C@H]2O[C@H](CO)[C@@H](O)[C@H](O)[C@H]2O)[C@@H](O)[C@H](O)[C@H]1O)c1ccc(Oc2ccc(Cl)cc2)cc1C(F)(F)F. The molecule has 2 aromatic carbocycles. The molecule has 1 unspecified atom stereocenters. The van der Waals surface area contributed by atoms with Crippen molar-refractivity contribution in [1.29, 1.82) is 0 Å². The van der Waals surface area contributed by atoms with Crippen molar-refractivity contribution in [1.82, 2.24) is 14.8 Å². The smallest absolute Gasteiger partial charge is 0.416 e. The molecule has 2 fully saturated rings. The summed E-state index contributed by atoms with van der Waals surface area (Å²) in [4.78, 5) is 3.82. The summed E-state index contributed by atoms with van der Waals surface area (Å²) >= 11 is 5.89. The summed E-state index contributed by atoms with van der Waals surface area (Å²) in [5.41, 5.74) is -3.63. The fourth-order valence-electron chi connectivity index (χ4n) is 5.53. The third-order valence-corrected chi connectivity index (χ3v) is 8.42. The zero-order valence-corrected chi connectivity index (χ0v) is 26.4. The zero-order chi connectivity index (χ0) is 35.7. The van der Waals surface area contributed by atoms with Crippen molar-refractivity contribution in [3.63, 3.8) is 0 Å². The Bertz CT molecular complexity index is 1520. The van der Waals surface area contributed by atoms with E-state index in [4.69, 9.17) is 35.3 Å². The minimum absolute atomic E-state index is 0.167. The molecule has 270 valence electrons. The van der Waals surface area contributed by atoms with Gasteiger partial charge >= 0.3 is 6.18 Å². The third-order valence-electron chi connectivity index (χ3n) is 8.16. The van der Waals surface area contributed by atoms with Crippen LogP contribution in [0.25, 0.3) is 0 Å². The number of nitrogens with zero attached hydrogens (tertiary/aromatic N) is 3. The Morgan fingerprint density at radius 3 is 2.04 bits per heavy atom. The molecule has 3 aromatic rings. The zero-order valence-electron chi connectivity index (χ0n) is 25.6. The topological polar surface area (TPSA) is 218 Å². The monoisotopic (exact) mass is 721 g/mol. The Hall–Kier alpha value is -2.98. The van der Waals surface area contributed by atoms with E-state index in [0.29, 0.717) is 5.02 Å². The molecule has 0 aliphatic carbocycles. The summed E-state index contributed by atoms with van der Waals surface area (Å²) in [6, 6.07) is 9.10. The number of aromatic nitrogens is 3. The van der Waals surface area contributed by atoms with Gasteiger partial charge in [-0.3, -0.25) is 0 Å².